The highest BCUT2D eigenvalue weighted by molar-refractivity contribution is 5.56. The Morgan fingerprint density at radius 1 is 1.60 bits per heavy atom. The summed E-state index contributed by atoms with van der Waals surface area (Å²) in [6.45, 7) is 2.35. The van der Waals surface area contributed by atoms with Crippen molar-refractivity contribution in [3.8, 4) is 12.3 Å². The van der Waals surface area contributed by atoms with Gasteiger partial charge in [0.15, 0.2) is 6.61 Å². The maximum atomic E-state index is 4.91. The van der Waals surface area contributed by atoms with Crippen LogP contribution in [0.1, 0.15) is 26.2 Å². The van der Waals surface area contributed by atoms with E-state index in [2.05, 4.69) is 29.1 Å². The molecule has 0 heterocycles. The zero-order chi connectivity index (χ0) is 7.66. The van der Waals surface area contributed by atoms with E-state index in [1.807, 2.05) is 0 Å². The van der Waals surface area contributed by atoms with Crippen molar-refractivity contribution in [2.45, 2.75) is 26.2 Å². The van der Waals surface area contributed by atoms with E-state index in [0.29, 0.717) is 0 Å². The molecular formula is C8H12NO. The topological polar surface area (TPSA) is 21.6 Å². The summed E-state index contributed by atoms with van der Waals surface area (Å²) in [5, 5.41) is 3.51. The van der Waals surface area contributed by atoms with Crippen molar-refractivity contribution >= 4 is 6.21 Å². The highest BCUT2D eigenvalue weighted by atomic mass is 16.6. The molecule has 2 nitrogen and oxygen atoms in total. The second-order valence-electron chi connectivity index (χ2n) is 1.83. The minimum absolute atomic E-state index is 0.235. The first-order valence-electron chi connectivity index (χ1n) is 3.40. The Kier molecular flexibility index (Phi) is 7.25. The van der Waals surface area contributed by atoms with Crippen molar-refractivity contribution in [3.63, 3.8) is 0 Å². The first-order valence-corrected chi connectivity index (χ1v) is 3.40. The molecule has 0 fully saturated rings. The lowest BCUT2D eigenvalue weighted by Gasteiger charge is -1.88. The summed E-state index contributed by atoms with van der Waals surface area (Å²) in [5.41, 5.74) is 0. The minimum Gasteiger partial charge on any atom is -0.382 e. The molecule has 0 atom stereocenters. The first kappa shape index (κ1) is 9.03. The second-order valence-corrected chi connectivity index (χ2v) is 1.83. The van der Waals surface area contributed by atoms with Gasteiger partial charge in [-0.05, 0) is 12.8 Å². The van der Waals surface area contributed by atoms with Gasteiger partial charge >= 0.3 is 0 Å². The Morgan fingerprint density at radius 2 is 2.40 bits per heavy atom. The third-order valence-corrected chi connectivity index (χ3v) is 0.919. The van der Waals surface area contributed by atoms with Crippen LogP contribution < -0.4 is 0 Å². The van der Waals surface area contributed by atoms with Gasteiger partial charge in [-0.15, -0.1) is 6.42 Å². The number of hydrogen-bond donors (Lipinski definition) is 0. The molecule has 0 aromatic carbocycles. The van der Waals surface area contributed by atoms with Gasteiger partial charge in [0, 0.05) is 0 Å². The third-order valence-electron chi connectivity index (χ3n) is 0.919. The van der Waals surface area contributed by atoms with Crippen LogP contribution in [0.3, 0.4) is 0 Å². The normalized spacial score (nSPS) is 9.60. The molecule has 0 amide bonds. The molecule has 0 saturated carbocycles. The molecule has 0 bridgehead atoms. The maximum absolute atomic E-state index is 4.91. The van der Waals surface area contributed by atoms with Gasteiger partial charge in [0.2, 0.25) is 0 Å². The van der Waals surface area contributed by atoms with Crippen molar-refractivity contribution < 1.29 is 4.84 Å². The third kappa shape index (κ3) is 7.03. The molecule has 0 rings (SSSR count). The average Bonchev–Trinajstić information content (AvgIpc) is 1.97. The molecule has 0 saturated heterocycles. The molecule has 1 radical (unpaired) electrons. The van der Waals surface area contributed by atoms with Gasteiger partial charge in [0.1, 0.15) is 6.21 Å². The van der Waals surface area contributed by atoms with Gasteiger partial charge in [-0.25, -0.2) is 0 Å². The van der Waals surface area contributed by atoms with Crippen LogP contribution in [0.4, 0.5) is 0 Å². The molecule has 55 valence electrons. The first-order chi connectivity index (χ1) is 4.91. The summed E-state index contributed by atoms with van der Waals surface area (Å²) in [4.78, 5) is 4.61. The molecule has 0 aliphatic rings. The monoisotopic (exact) mass is 138 g/mol. The number of rotatable bonds is 5. The Morgan fingerprint density at radius 3 is 3.00 bits per heavy atom. The van der Waals surface area contributed by atoms with E-state index in [9.17, 15) is 0 Å². The standard InChI is InChI=1S/C8H12NO/c1-3-5-6-7-9-10-8-4-2/h2H,3,5-6,8H2,1H3. The fourth-order valence-electron chi connectivity index (χ4n) is 0.417. The van der Waals surface area contributed by atoms with E-state index in [4.69, 9.17) is 6.42 Å². The van der Waals surface area contributed by atoms with Gasteiger partial charge in [0.25, 0.3) is 0 Å². The number of hydrogen-bond acceptors (Lipinski definition) is 2. The number of terminal acetylenes is 1. The van der Waals surface area contributed by atoms with Gasteiger partial charge in [-0.1, -0.05) is 24.4 Å². The smallest absolute Gasteiger partial charge is 0.177 e. The van der Waals surface area contributed by atoms with E-state index < -0.39 is 0 Å². The molecule has 0 aliphatic heterocycles. The Bertz CT molecular complexity index is 124. The largest absolute Gasteiger partial charge is 0.382 e. The summed E-state index contributed by atoms with van der Waals surface area (Å²) in [6.07, 6.45) is 10.7. The van der Waals surface area contributed by atoms with Crippen LogP contribution in [0.2, 0.25) is 0 Å². The van der Waals surface area contributed by atoms with E-state index in [1.54, 1.807) is 0 Å². The van der Waals surface area contributed by atoms with E-state index in [1.165, 1.54) is 0 Å². The predicted molar refractivity (Wildman–Crippen MR) is 41.7 cm³/mol. The maximum Gasteiger partial charge on any atom is 0.177 e. The fourth-order valence-corrected chi connectivity index (χ4v) is 0.417. The summed E-state index contributed by atoms with van der Waals surface area (Å²) < 4.78 is 0. The molecule has 0 N–H and O–H groups in total. The van der Waals surface area contributed by atoms with Gasteiger partial charge < -0.3 is 4.84 Å². The zero-order valence-corrected chi connectivity index (χ0v) is 6.26. The van der Waals surface area contributed by atoms with E-state index in [0.717, 1.165) is 19.3 Å². The molecule has 0 aliphatic carbocycles. The van der Waals surface area contributed by atoms with Crippen molar-refractivity contribution in [1.82, 2.24) is 0 Å². The summed E-state index contributed by atoms with van der Waals surface area (Å²) in [5.74, 6) is 2.30. The predicted octanol–water partition coefficient (Wildman–Crippen LogP) is 1.69. The Balaban J connectivity index is 2.98. The van der Waals surface area contributed by atoms with Crippen LogP contribution in [0.15, 0.2) is 5.16 Å². The number of nitrogens with zero attached hydrogens (tertiary/aromatic N) is 1. The zero-order valence-electron chi connectivity index (χ0n) is 6.26. The molecule has 2 heteroatoms. The lowest BCUT2D eigenvalue weighted by Crippen LogP contribution is -1.82. The molecule has 0 spiro atoms. The van der Waals surface area contributed by atoms with E-state index in [-0.39, 0.29) is 6.61 Å². The van der Waals surface area contributed by atoms with Crippen LogP contribution in [-0.2, 0) is 4.84 Å². The molecule has 0 unspecified atom stereocenters. The van der Waals surface area contributed by atoms with Crippen LogP contribution in [0, 0.1) is 12.3 Å². The summed E-state index contributed by atoms with van der Waals surface area (Å²) in [6, 6.07) is 0. The molecule has 0 aromatic rings. The van der Waals surface area contributed by atoms with Crippen molar-refractivity contribution in [2.24, 2.45) is 5.16 Å². The quantitative estimate of drug-likeness (QED) is 0.245. The fraction of sp³-hybridized carbons (Fsp3) is 0.625. The van der Waals surface area contributed by atoms with E-state index >= 15 is 0 Å². The highest BCUT2D eigenvalue weighted by Gasteiger charge is 1.79. The van der Waals surface area contributed by atoms with Gasteiger partial charge in [-0.2, -0.15) is 0 Å². The lowest BCUT2D eigenvalue weighted by atomic mass is 10.3. The molecule has 10 heavy (non-hydrogen) atoms. The van der Waals surface area contributed by atoms with Crippen molar-refractivity contribution in [2.75, 3.05) is 6.61 Å². The van der Waals surface area contributed by atoms with Crippen molar-refractivity contribution in [1.29, 1.82) is 0 Å². The van der Waals surface area contributed by atoms with Crippen LogP contribution in [-0.4, -0.2) is 12.8 Å². The molecular weight excluding hydrogens is 126 g/mol. The van der Waals surface area contributed by atoms with Crippen LogP contribution in [0.25, 0.3) is 0 Å². The Labute approximate surface area is 62.3 Å². The number of unbranched alkanes of at least 4 members (excludes halogenated alkanes) is 2. The summed E-state index contributed by atoms with van der Waals surface area (Å²) in [7, 11) is 0. The van der Waals surface area contributed by atoms with Gasteiger partial charge in [-0.3, -0.25) is 0 Å². The summed E-state index contributed by atoms with van der Waals surface area (Å²) >= 11 is 0. The van der Waals surface area contributed by atoms with Crippen molar-refractivity contribution in [3.05, 3.63) is 0 Å². The lowest BCUT2D eigenvalue weighted by molar-refractivity contribution is 0.181. The second kappa shape index (κ2) is 8.03. The van der Waals surface area contributed by atoms with Crippen LogP contribution in [0.5, 0.6) is 0 Å². The SMILES string of the molecule is C#CCO/N=[C]/CCCC. The molecule has 0 aromatic heterocycles. The average molecular weight is 138 g/mol. The minimum atomic E-state index is 0.235. The Hall–Kier alpha value is -0.970. The highest BCUT2D eigenvalue weighted by Crippen LogP contribution is 1.89. The van der Waals surface area contributed by atoms with Crippen LogP contribution >= 0.6 is 0 Å². The van der Waals surface area contributed by atoms with Gasteiger partial charge in [0.05, 0.1) is 0 Å².